The highest BCUT2D eigenvalue weighted by molar-refractivity contribution is 5.62. The van der Waals surface area contributed by atoms with Crippen LogP contribution in [0.15, 0.2) is 0 Å². The summed E-state index contributed by atoms with van der Waals surface area (Å²) in [7, 11) is 0. The summed E-state index contributed by atoms with van der Waals surface area (Å²) >= 11 is 0. The van der Waals surface area contributed by atoms with Crippen molar-refractivity contribution in [3.63, 3.8) is 0 Å². The molecule has 0 aromatic rings. The lowest BCUT2D eigenvalue weighted by atomic mass is 9.99. The van der Waals surface area contributed by atoms with Gasteiger partial charge in [-0.2, -0.15) is 0 Å². The Hall–Kier alpha value is -0.510. The van der Waals surface area contributed by atoms with Gasteiger partial charge in [-0.05, 0) is 26.7 Å². The maximum Gasteiger partial charge on any atom is 0.266 e. The summed E-state index contributed by atoms with van der Waals surface area (Å²) < 4.78 is 29.8. The maximum atomic E-state index is 12.4. The fourth-order valence-corrected chi connectivity index (χ4v) is 1.37. The monoisotopic (exact) mass is 178 g/mol. The molecule has 2 nitrogen and oxygen atoms in total. The van der Waals surface area contributed by atoms with E-state index in [1.54, 1.807) is 0 Å². The van der Waals surface area contributed by atoms with Crippen molar-refractivity contribution in [2.24, 2.45) is 0 Å². The fraction of sp³-hybridized carbons (Fsp3) is 0.875. The highest BCUT2D eigenvalue weighted by atomic mass is 19.3. The molecule has 12 heavy (non-hydrogen) atoms. The van der Waals surface area contributed by atoms with Crippen molar-refractivity contribution in [1.82, 2.24) is 0 Å². The zero-order valence-corrected chi connectivity index (χ0v) is 7.14. The maximum absolute atomic E-state index is 12.4. The van der Waals surface area contributed by atoms with Crippen molar-refractivity contribution in [2.75, 3.05) is 0 Å². The van der Waals surface area contributed by atoms with Crippen LogP contribution in [-0.4, -0.2) is 23.9 Å². The first-order valence-corrected chi connectivity index (χ1v) is 3.86. The van der Waals surface area contributed by atoms with E-state index in [0.717, 1.165) is 0 Å². The zero-order chi connectivity index (χ0) is 9.41. The molecule has 1 fully saturated rings. The van der Waals surface area contributed by atoms with Crippen molar-refractivity contribution in [1.29, 1.82) is 0 Å². The Bertz CT molecular complexity index is 195. The van der Waals surface area contributed by atoms with Crippen LogP contribution in [0.3, 0.4) is 0 Å². The lowest BCUT2D eigenvalue weighted by Crippen LogP contribution is -2.37. The lowest BCUT2D eigenvalue weighted by molar-refractivity contribution is -0.160. The van der Waals surface area contributed by atoms with Gasteiger partial charge in [-0.25, -0.2) is 8.78 Å². The van der Waals surface area contributed by atoms with Crippen molar-refractivity contribution < 1.29 is 18.3 Å². The molecular formula is C8H12F2O2. The molecule has 1 aliphatic rings. The molecule has 2 unspecified atom stereocenters. The van der Waals surface area contributed by atoms with Gasteiger partial charge in [0.25, 0.3) is 6.43 Å². The van der Waals surface area contributed by atoms with E-state index in [2.05, 4.69) is 0 Å². The summed E-state index contributed by atoms with van der Waals surface area (Å²) in [6.07, 6.45) is -1.32. The van der Waals surface area contributed by atoms with Crippen LogP contribution in [0.2, 0.25) is 0 Å². The highest BCUT2D eigenvalue weighted by Gasteiger charge is 2.49. The van der Waals surface area contributed by atoms with E-state index >= 15 is 0 Å². The SMILES string of the molecule is CC1(C=O)CCC(C)(C(F)F)O1. The van der Waals surface area contributed by atoms with Crippen molar-refractivity contribution in [2.45, 2.75) is 44.3 Å². The Balaban J connectivity index is 2.72. The summed E-state index contributed by atoms with van der Waals surface area (Å²) in [4.78, 5) is 10.5. The minimum atomic E-state index is -2.53. The molecule has 0 amide bonds. The van der Waals surface area contributed by atoms with Crippen LogP contribution in [0, 0.1) is 0 Å². The Kier molecular flexibility index (Phi) is 2.21. The number of hydrogen-bond acceptors (Lipinski definition) is 2. The van der Waals surface area contributed by atoms with Crippen LogP contribution in [-0.2, 0) is 9.53 Å². The third-order valence-corrected chi connectivity index (χ3v) is 2.30. The number of carbonyl (C=O) groups is 1. The van der Waals surface area contributed by atoms with Crippen LogP contribution >= 0.6 is 0 Å². The molecule has 0 bridgehead atoms. The van der Waals surface area contributed by atoms with Crippen LogP contribution in [0.1, 0.15) is 26.7 Å². The van der Waals surface area contributed by atoms with Gasteiger partial charge in [0.1, 0.15) is 11.2 Å². The molecule has 4 heteroatoms. The third-order valence-electron chi connectivity index (χ3n) is 2.30. The van der Waals surface area contributed by atoms with Crippen LogP contribution in [0.5, 0.6) is 0 Å². The van der Waals surface area contributed by atoms with Gasteiger partial charge in [0.2, 0.25) is 0 Å². The predicted octanol–water partition coefficient (Wildman–Crippen LogP) is 1.78. The second kappa shape index (κ2) is 2.76. The van der Waals surface area contributed by atoms with Gasteiger partial charge in [-0.3, -0.25) is 0 Å². The molecule has 1 heterocycles. The van der Waals surface area contributed by atoms with Gasteiger partial charge < -0.3 is 9.53 Å². The number of alkyl halides is 2. The number of halogens is 2. The molecule has 2 atom stereocenters. The normalized spacial score (nSPS) is 42.1. The molecule has 70 valence electrons. The van der Waals surface area contributed by atoms with E-state index < -0.39 is 17.6 Å². The molecule has 0 aromatic carbocycles. The predicted molar refractivity (Wildman–Crippen MR) is 39.2 cm³/mol. The quantitative estimate of drug-likeness (QED) is 0.602. The molecular weight excluding hydrogens is 166 g/mol. The van der Waals surface area contributed by atoms with Crippen molar-refractivity contribution in [3.8, 4) is 0 Å². The standard InChI is InChI=1S/C8H12F2O2/c1-7(5-11)3-4-8(2,12-7)6(9)10/h5-6H,3-4H2,1-2H3. The fourth-order valence-electron chi connectivity index (χ4n) is 1.37. The summed E-state index contributed by atoms with van der Waals surface area (Å²) in [5, 5.41) is 0. The number of hydrogen-bond donors (Lipinski definition) is 0. The molecule has 1 aliphatic heterocycles. The Morgan fingerprint density at radius 2 is 2.00 bits per heavy atom. The molecule has 1 rings (SSSR count). The number of ether oxygens (including phenoxy) is 1. The van der Waals surface area contributed by atoms with Crippen molar-refractivity contribution in [3.05, 3.63) is 0 Å². The second-order valence-corrected chi connectivity index (χ2v) is 3.65. The van der Waals surface area contributed by atoms with Gasteiger partial charge >= 0.3 is 0 Å². The largest absolute Gasteiger partial charge is 0.356 e. The van der Waals surface area contributed by atoms with Gasteiger partial charge in [0.15, 0.2) is 6.29 Å². The number of rotatable bonds is 2. The van der Waals surface area contributed by atoms with Crippen LogP contribution < -0.4 is 0 Å². The van der Waals surface area contributed by atoms with E-state index in [1.807, 2.05) is 0 Å². The zero-order valence-electron chi connectivity index (χ0n) is 7.14. The summed E-state index contributed by atoms with van der Waals surface area (Å²) in [6, 6.07) is 0. The minimum absolute atomic E-state index is 0.236. The van der Waals surface area contributed by atoms with Crippen LogP contribution in [0.25, 0.3) is 0 Å². The topological polar surface area (TPSA) is 26.3 Å². The van der Waals surface area contributed by atoms with Gasteiger partial charge in [-0.15, -0.1) is 0 Å². The third kappa shape index (κ3) is 1.48. The van der Waals surface area contributed by atoms with Gasteiger partial charge in [0.05, 0.1) is 0 Å². The van der Waals surface area contributed by atoms with E-state index in [4.69, 9.17) is 4.74 Å². The Morgan fingerprint density at radius 1 is 1.42 bits per heavy atom. The second-order valence-electron chi connectivity index (χ2n) is 3.65. The van der Waals surface area contributed by atoms with E-state index in [0.29, 0.717) is 12.7 Å². The first-order chi connectivity index (χ1) is 5.42. The van der Waals surface area contributed by atoms with Gasteiger partial charge in [-0.1, -0.05) is 0 Å². The first-order valence-electron chi connectivity index (χ1n) is 3.86. The average Bonchev–Trinajstić information content (AvgIpc) is 2.30. The molecule has 0 saturated carbocycles. The molecule has 0 radical (unpaired) electrons. The summed E-state index contributed by atoms with van der Waals surface area (Å²) in [5.74, 6) is 0. The van der Waals surface area contributed by atoms with Gasteiger partial charge in [0, 0.05) is 0 Å². The highest BCUT2D eigenvalue weighted by Crippen LogP contribution is 2.39. The smallest absolute Gasteiger partial charge is 0.266 e. The molecule has 1 saturated heterocycles. The summed E-state index contributed by atoms with van der Waals surface area (Å²) in [5.41, 5.74) is -2.44. The minimum Gasteiger partial charge on any atom is -0.356 e. The Labute approximate surface area is 69.9 Å². The summed E-state index contributed by atoms with van der Waals surface area (Å²) in [6.45, 7) is 2.88. The number of carbonyl (C=O) groups excluding carboxylic acids is 1. The molecule has 0 spiro atoms. The Morgan fingerprint density at radius 3 is 2.25 bits per heavy atom. The van der Waals surface area contributed by atoms with Crippen LogP contribution in [0.4, 0.5) is 8.78 Å². The first kappa shape index (κ1) is 9.58. The van der Waals surface area contributed by atoms with E-state index in [-0.39, 0.29) is 6.42 Å². The molecule has 0 aromatic heterocycles. The molecule has 0 N–H and O–H groups in total. The van der Waals surface area contributed by atoms with E-state index in [1.165, 1.54) is 13.8 Å². The average molecular weight is 178 g/mol. The number of aldehydes is 1. The lowest BCUT2D eigenvalue weighted by Gasteiger charge is -2.25. The van der Waals surface area contributed by atoms with E-state index in [9.17, 15) is 13.6 Å². The van der Waals surface area contributed by atoms with Crippen molar-refractivity contribution >= 4 is 6.29 Å². The molecule has 0 aliphatic carbocycles.